The summed E-state index contributed by atoms with van der Waals surface area (Å²) in [5.74, 6) is -1.83. The van der Waals surface area contributed by atoms with Gasteiger partial charge in [0.25, 0.3) is 5.91 Å². The van der Waals surface area contributed by atoms with Crippen LogP contribution < -0.4 is 5.11 Å². The maximum atomic E-state index is 12.6. The molecule has 1 aliphatic heterocycles. The molecule has 0 saturated carbocycles. The monoisotopic (exact) mass is 370 g/mol. The normalized spacial score (nSPS) is 14.9. The second kappa shape index (κ2) is 7.70. The molecule has 0 aromatic heterocycles. The second-order valence-electron chi connectivity index (χ2n) is 6.27. The van der Waals surface area contributed by atoms with Crippen LogP contribution >= 0.6 is 11.6 Å². The Balaban J connectivity index is 1.67. The topological polar surface area (TPSA) is 77.5 Å². The summed E-state index contributed by atoms with van der Waals surface area (Å²) >= 11 is 5.85. The minimum atomic E-state index is -1.37. The quantitative estimate of drug-likeness (QED) is 0.774. The second-order valence-corrected chi connectivity index (χ2v) is 6.71. The summed E-state index contributed by atoms with van der Waals surface area (Å²) in [5, 5.41) is 11.8. The number of benzene rings is 2. The Morgan fingerprint density at radius 2 is 1.50 bits per heavy atom. The fourth-order valence-corrected chi connectivity index (χ4v) is 3.34. The van der Waals surface area contributed by atoms with Gasteiger partial charge in [0.2, 0.25) is 0 Å². The van der Waals surface area contributed by atoms with E-state index in [0.717, 1.165) is 0 Å². The van der Waals surface area contributed by atoms with Crippen molar-refractivity contribution in [2.75, 3.05) is 13.1 Å². The lowest BCUT2D eigenvalue weighted by Gasteiger charge is -2.32. The van der Waals surface area contributed by atoms with Crippen LogP contribution in [0.4, 0.5) is 0 Å². The first-order chi connectivity index (χ1) is 12.5. The van der Waals surface area contributed by atoms with E-state index in [1.165, 1.54) is 12.1 Å². The van der Waals surface area contributed by atoms with Crippen molar-refractivity contribution in [2.24, 2.45) is 5.92 Å². The van der Waals surface area contributed by atoms with E-state index in [4.69, 9.17) is 11.6 Å². The third kappa shape index (κ3) is 3.78. The summed E-state index contributed by atoms with van der Waals surface area (Å²) < 4.78 is 0. The first-order valence-electron chi connectivity index (χ1n) is 8.37. The number of amides is 1. The number of aromatic carboxylic acids is 1. The zero-order chi connectivity index (χ0) is 18.7. The van der Waals surface area contributed by atoms with Gasteiger partial charge < -0.3 is 14.8 Å². The summed E-state index contributed by atoms with van der Waals surface area (Å²) in [5.41, 5.74) is 0.619. The molecule has 0 radical (unpaired) electrons. The van der Waals surface area contributed by atoms with Gasteiger partial charge in [-0.15, -0.1) is 0 Å². The molecule has 6 heteroatoms. The number of likely N-dealkylation sites (tertiary alicyclic amines) is 1. The molecule has 0 atom stereocenters. The van der Waals surface area contributed by atoms with Crippen LogP contribution in [0.3, 0.4) is 0 Å². The summed E-state index contributed by atoms with van der Waals surface area (Å²) in [6.45, 7) is 0.814. The molecule has 2 aromatic carbocycles. The van der Waals surface area contributed by atoms with Gasteiger partial charge in [0.05, 0.1) is 5.97 Å². The fourth-order valence-electron chi connectivity index (χ4n) is 3.21. The number of hydrogen-bond donors (Lipinski definition) is 0. The van der Waals surface area contributed by atoms with Crippen LogP contribution in [-0.4, -0.2) is 35.6 Å². The van der Waals surface area contributed by atoms with Crippen molar-refractivity contribution in [1.29, 1.82) is 0 Å². The maximum absolute atomic E-state index is 12.6. The van der Waals surface area contributed by atoms with Crippen LogP contribution in [-0.2, 0) is 0 Å². The molecule has 0 aliphatic carbocycles. The lowest BCUT2D eigenvalue weighted by molar-refractivity contribution is -0.255. The Morgan fingerprint density at radius 1 is 0.923 bits per heavy atom. The number of hydrogen-bond acceptors (Lipinski definition) is 4. The fraction of sp³-hybridized carbons (Fsp3) is 0.250. The van der Waals surface area contributed by atoms with Crippen molar-refractivity contribution in [3.63, 3.8) is 0 Å². The van der Waals surface area contributed by atoms with E-state index in [1.54, 1.807) is 41.3 Å². The Kier molecular flexibility index (Phi) is 5.38. The molecule has 0 N–H and O–H groups in total. The Labute approximate surface area is 156 Å². The predicted molar refractivity (Wildman–Crippen MR) is 95.2 cm³/mol. The van der Waals surface area contributed by atoms with E-state index in [0.29, 0.717) is 36.5 Å². The number of Topliss-reactive ketones (excluding diaryl/α,β-unsaturated/α-hetero) is 1. The molecule has 0 bridgehead atoms. The lowest BCUT2D eigenvalue weighted by Crippen LogP contribution is -2.41. The number of piperidine rings is 1. The zero-order valence-electron chi connectivity index (χ0n) is 14.0. The van der Waals surface area contributed by atoms with Gasteiger partial charge in [0, 0.05) is 40.7 Å². The largest absolute Gasteiger partial charge is 0.545 e. The van der Waals surface area contributed by atoms with Crippen molar-refractivity contribution in [1.82, 2.24) is 4.90 Å². The number of carboxylic acid groups (broad SMARTS) is 1. The molecular formula is C20H17ClNO4-. The summed E-state index contributed by atoms with van der Waals surface area (Å²) in [6.07, 6.45) is 1.08. The van der Waals surface area contributed by atoms with Gasteiger partial charge in [-0.05, 0) is 43.2 Å². The van der Waals surface area contributed by atoms with Gasteiger partial charge in [0.1, 0.15) is 0 Å². The van der Waals surface area contributed by atoms with Crippen LogP contribution in [0.2, 0.25) is 5.02 Å². The van der Waals surface area contributed by atoms with Crippen LogP contribution in [0.25, 0.3) is 0 Å². The van der Waals surface area contributed by atoms with Gasteiger partial charge in [-0.2, -0.15) is 0 Å². The molecule has 3 rings (SSSR count). The summed E-state index contributed by atoms with van der Waals surface area (Å²) in [4.78, 5) is 38.0. The standard InChI is InChI=1S/C20H18ClNO4/c21-15-7-5-13(6-8-15)18(23)14-9-11-22(12-10-14)19(24)16-3-1-2-4-17(16)20(25)26/h1-8,14H,9-12H2,(H,25,26)/p-1. The van der Waals surface area contributed by atoms with Crippen LogP contribution in [0, 0.1) is 5.92 Å². The third-order valence-electron chi connectivity index (χ3n) is 4.66. The highest BCUT2D eigenvalue weighted by molar-refractivity contribution is 6.30. The van der Waals surface area contributed by atoms with Gasteiger partial charge >= 0.3 is 0 Å². The van der Waals surface area contributed by atoms with Crippen LogP contribution in [0.1, 0.15) is 43.9 Å². The molecule has 5 nitrogen and oxygen atoms in total. The first-order valence-corrected chi connectivity index (χ1v) is 8.74. The lowest BCUT2D eigenvalue weighted by atomic mass is 9.88. The molecule has 0 spiro atoms. The molecule has 1 fully saturated rings. The molecular weight excluding hydrogens is 354 g/mol. The van der Waals surface area contributed by atoms with Gasteiger partial charge in [0.15, 0.2) is 5.78 Å². The summed E-state index contributed by atoms with van der Waals surface area (Å²) in [7, 11) is 0. The van der Waals surface area contributed by atoms with Crippen molar-refractivity contribution in [2.45, 2.75) is 12.8 Å². The van der Waals surface area contributed by atoms with E-state index >= 15 is 0 Å². The highest BCUT2D eigenvalue weighted by Crippen LogP contribution is 2.24. The Morgan fingerprint density at radius 3 is 2.08 bits per heavy atom. The number of nitrogens with zero attached hydrogens (tertiary/aromatic N) is 1. The number of carboxylic acids is 1. The van der Waals surface area contributed by atoms with E-state index < -0.39 is 5.97 Å². The van der Waals surface area contributed by atoms with E-state index in [2.05, 4.69) is 0 Å². The smallest absolute Gasteiger partial charge is 0.254 e. The van der Waals surface area contributed by atoms with Crippen LogP contribution in [0.15, 0.2) is 48.5 Å². The SMILES string of the molecule is O=C([O-])c1ccccc1C(=O)N1CCC(C(=O)c2ccc(Cl)cc2)CC1. The molecule has 1 aliphatic rings. The molecule has 1 heterocycles. The highest BCUT2D eigenvalue weighted by Gasteiger charge is 2.29. The zero-order valence-corrected chi connectivity index (χ0v) is 14.7. The van der Waals surface area contributed by atoms with Gasteiger partial charge in [-0.3, -0.25) is 9.59 Å². The number of carbonyl (C=O) groups excluding carboxylic acids is 3. The average Bonchev–Trinajstić information content (AvgIpc) is 2.67. The minimum Gasteiger partial charge on any atom is -0.545 e. The van der Waals surface area contributed by atoms with E-state index in [9.17, 15) is 19.5 Å². The predicted octanol–water partition coefficient (Wildman–Crippen LogP) is 2.44. The van der Waals surface area contributed by atoms with Crippen molar-refractivity contribution < 1.29 is 19.5 Å². The van der Waals surface area contributed by atoms with Gasteiger partial charge in [-0.1, -0.05) is 29.8 Å². The number of rotatable bonds is 4. The first kappa shape index (κ1) is 18.1. The van der Waals surface area contributed by atoms with Crippen molar-refractivity contribution in [3.8, 4) is 0 Å². The van der Waals surface area contributed by atoms with E-state index in [-0.39, 0.29) is 28.7 Å². The molecule has 134 valence electrons. The average molecular weight is 371 g/mol. The molecule has 1 amide bonds. The minimum absolute atomic E-state index is 0.0453. The van der Waals surface area contributed by atoms with Gasteiger partial charge in [-0.25, -0.2) is 0 Å². The molecule has 26 heavy (non-hydrogen) atoms. The van der Waals surface area contributed by atoms with E-state index in [1.807, 2.05) is 0 Å². The van der Waals surface area contributed by atoms with Crippen molar-refractivity contribution in [3.05, 3.63) is 70.2 Å². The summed E-state index contributed by atoms with van der Waals surface area (Å²) in [6, 6.07) is 12.8. The third-order valence-corrected chi connectivity index (χ3v) is 4.91. The van der Waals surface area contributed by atoms with Crippen molar-refractivity contribution >= 4 is 29.3 Å². The number of carbonyl (C=O) groups is 3. The number of halogens is 1. The molecule has 1 saturated heterocycles. The Hall–Kier alpha value is -2.66. The highest BCUT2D eigenvalue weighted by atomic mass is 35.5. The maximum Gasteiger partial charge on any atom is 0.254 e. The Bertz CT molecular complexity index is 839. The van der Waals surface area contributed by atoms with Crippen LogP contribution in [0.5, 0.6) is 0 Å². The molecule has 2 aromatic rings. The molecule has 0 unspecified atom stereocenters. The number of ketones is 1.